The van der Waals surface area contributed by atoms with Gasteiger partial charge in [0.1, 0.15) is 0 Å². The molecule has 76 valence electrons. The Labute approximate surface area is 87.5 Å². The van der Waals surface area contributed by atoms with Crippen molar-refractivity contribution in [1.29, 1.82) is 0 Å². The number of hydrogen-bond donors (Lipinski definition) is 1. The molecule has 0 saturated carbocycles. The Bertz CT molecular complexity index is 375. The van der Waals surface area contributed by atoms with Gasteiger partial charge in [-0.3, -0.25) is 4.79 Å². The zero-order valence-corrected chi connectivity index (χ0v) is 7.81. The summed E-state index contributed by atoms with van der Waals surface area (Å²) < 4.78 is 24.7. The van der Waals surface area contributed by atoms with Gasteiger partial charge in [-0.15, -0.1) is 0 Å². The maximum atomic E-state index is 11.4. The largest absolute Gasteiger partial charge is 0.469 e. The number of carbonyl (C=O) groups is 1. The number of rotatable bonds is 3. The van der Waals surface area contributed by atoms with E-state index in [4.69, 9.17) is 4.11 Å². The van der Waals surface area contributed by atoms with Gasteiger partial charge in [0.05, 0.1) is 23.2 Å². The predicted molar refractivity (Wildman–Crippen MR) is 52.6 cm³/mol. The third kappa shape index (κ3) is 2.33. The van der Waals surface area contributed by atoms with E-state index in [-0.39, 0.29) is 0 Å². The minimum atomic E-state index is -2.78. The molecule has 3 heteroatoms. The van der Waals surface area contributed by atoms with Crippen LogP contribution in [0.5, 0.6) is 0 Å². The summed E-state index contributed by atoms with van der Waals surface area (Å²) in [6.07, 6.45) is -1.08. The number of hydrogen-bond acceptors (Lipinski definition) is 3. The molecule has 1 N–H and O–H groups in total. The van der Waals surface area contributed by atoms with Crippen LogP contribution >= 0.6 is 0 Å². The van der Waals surface area contributed by atoms with Crippen LogP contribution in [-0.2, 0) is 9.53 Å². The van der Waals surface area contributed by atoms with E-state index >= 15 is 0 Å². The first-order chi connectivity index (χ1) is 7.81. The maximum Gasteiger partial charge on any atom is 0.311 e. The highest BCUT2D eigenvalue weighted by Gasteiger charge is 2.23. The van der Waals surface area contributed by atoms with Crippen molar-refractivity contribution in [3.63, 3.8) is 0 Å². The molecule has 0 aliphatic carbocycles. The minimum absolute atomic E-state index is 0.544. The monoisotopic (exact) mass is 197 g/mol. The Kier molecular flexibility index (Phi) is 2.39. The second-order valence-corrected chi connectivity index (χ2v) is 3.07. The number of methoxy groups -OCH3 is 1. The first-order valence-corrected chi connectivity index (χ1v) is 4.27. The SMILES string of the molecule is [2H]C([2H])([2H])OC(=O)[C@H](C)[C@H](O)c1ccccc1. The molecule has 1 rings (SSSR count). The fourth-order valence-corrected chi connectivity index (χ4v) is 1.16. The van der Waals surface area contributed by atoms with Crippen LogP contribution in [0.2, 0.25) is 0 Å². The number of aliphatic hydroxyl groups is 1. The summed E-state index contributed by atoms with van der Waals surface area (Å²) in [5.74, 6) is -1.88. The molecule has 0 unspecified atom stereocenters. The van der Waals surface area contributed by atoms with Crippen molar-refractivity contribution in [2.45, 2.75) is 13.0 Å². The number of carbonyl (C=O) groups excluding carboxylic acids is 1. The molecule has 1 aromatic carbocycles. The molecule has 0 bridgehead atoms. The second kappa shape index (κ2) is 4.77. The molecule has 2 atom stereocenters. The first kappa shape index (κ1) is 7.01. The van der Waals surface area contributed by atoms with Gasteiger partial charge in [0.15, 0.2) is 0 Å². The average molecular weight is 197 g/mol. The van der Waals surface area contributed by atoms with Crippen LogP contribution < -0.4 is 0 Å². The second-order valence-electron chi connectivity index (χ2n) is 3.07. The molecule has 0 amide bonds. The van der Waals surface area contributed by atoms with Gasteiger partial charge >= 0.3 is 5.97 Å². The molecule has 0 aromatic heterocycles. The van der Waals surface area contributed by atoms with Crippen LogP contribution in [0.25, 0.3) is 0 Å². The van der Waals surface area contributed by atoms with E-state index in [1.165, 1.54) is 6.92 Å². The maximum absolute atomic E-state index is 11.4. The number of esters is 1. The summed E-state index contributed by atoms with van der Waals surface area (Å²) in [6.45, 7) is 1.42. The molecular formula is C11H14O3. The van der Waals surface area contributed by atoms with Crippen LogP contribution in [0.4, 0.5) is 0 Å². The zero-order chi connectivity index (χ0) is 13.1. The van der Waals surface area contributed by atoms with Crippen molar-refractivity contribution in [2.75, 3.05) is 7.04 Å². The molecule has 0 radical (unpaired) electrons. The van der Waals surface area contributed by atoms with Gasteiger partial charge in [0.25, 0.3) is 0 Å². The van der Waals surface area contributed by atoms with Crippen LogP contribution in [0, 0.1) is 5.92 Å². The Morgan fingerprint density at radius 1 is 1.50 bits per heavy atom. The van der Waals surface area contributed by atoms with Crippen LogP contribution in [0.15, 0.2) is 30.3 Å². The van der Waals surface area contributed by atoms with Crippen molar-refractivity contribution < 1.29 is 18.8 Å². The quantitative estimate of drug-likeness (QED) is 0.747. The summed E-state index contributed by atoms with van der Waals surface area (Å²) in [5.41, 5.74) is 0.544. The van der Waals surface area contributed by atoms with Gasteiger partial charge in [0, 0.05) is 0 Å². The number of benzene rings is 1. The highest BCUT2D eigenvalue weighted by Crippen LogP contribution is 2.21. The predicted octanol–water partition coefficient (Wildman–Crippen LogP) is 1.53. The summed E-state index contributed by atoms with van der Waals surface area (Å²) in [7, 11) is -2.78. The lowest BCUT2D eigenvalue weighted by molar-refractivity contribution is -0.148. The number of ether oxygens (including phenoxy) is 1. The van der Waals surface area contributed by atoms with Gasteiger partial charge < -0.3 is 9.84 Å². The third-order valence-electron chi connectivity index (χ3n) is 2.09. The summed E-state index contributed by atoms with van der Waals surface area (Å²) in [6, 6.07) is 8.54. The smallest absolute Gasteiger partial charge is 0.311 e. The van der Waals surface area contributed by atoms with Crippen LogP contribution in [-0.4, -0.2) is 18.1 Å². The number of aliphatic hydroxyl groups excluding tert-OH is 1. The summed E-state index contributed by atoms with van der Waals surface area (Å²) in [4.78, 5) is 11.4. The zero-order valence-electron chi connectivity index (χ0n) is 10.8. The van der Waals surface area contributed by atoms with Crippen molar-refractivity contribution >= 4 is 5.97 Å². The molecular weight excluding hydrogens is 180 g/mol. The summed E-state index contributed by atoms with van der Waals surface area (Å²) >= 11 is 0. The molecule has 0 aliphatic heterocycles. The van der Waals surface area contributed by atoms with E-state index in [0.717, 1.165) is 0 Å². The van der Waals surface area contributed by atoms with Gasteiger partial charge in [-0.25, -0.2) is 0 Å². The highest BCUT2D eigenvalue weighted by molar-refractivity contribution is 5.72. The van der Waals surface area contributed by atoms with E-state index in [0.29, 0.717) is 5.56 Å². The van der Waals surface area contributed by atoms with E-state index in [1.54, 1.807) is 30.3 Å². The third-order valence-corrected chi connectivity index (χ3v) is 2.09. The minimum Gasteiger partial charge on any atom is -0.469 e. The van der Waals surface area contributed by atoms with Crippen LogP contribution in [0.3, 0.4) is 0 Å². The van der Waals surface area contributed by atoms with Crippen molar-refractivity contribution in [3.8, 4) is 0 Å². The average Bonchev–Trinajstić information content (AvgIpc) is 2.26. The topological polar surface area (TPSA) is 46.5 Å². The summed E-state index contributed by atoms with van der Waals surface area (Å²) in [5, 5.41) is 9.87. The molecule has 0 fully saturated rings. The lowest BCUT2D eigenvalue weighted by atomic mass is 9.98. The van der Waals surface area contributed by atoms with Crippen molar-refractivity contribution in [2.24, 2.45) is 5.92 Å². The molecule has 0 spiro atoms. The molecule has 14 heavy (non-hydrogen) atoms. The molecule has 0 aliphatic rings. The van der Waals surface area contributed by atoms with Gasteiger partial charge in [-0.2, -0.15) is 0 Å². The van der Waals surface area contributed by atoms with Gasteiger partial charge in [-0.05, 0) is 12.5 Å². The fraction of sp³-hybridized carbons (Fsp3) is 0.364. The molecule has 0 saturated heterocycles. The molecule has 1 aromatic rings. The van der Waals surface area contributed by atoms with E-state index in [2.05, 4.69) is 4.74 Å². The Hall–Kier alpha value is -1.35. The highest BCUT2D eigenvalue weighted by atomic mass is 16.5. The van der Waals surface area contributed by atoms with Gasteiger partial charge in [0.2, 0.25) is 0 Å². The Morgan fingerprint density at radius 2 is 2.14 bits per heavy atom. The van der Waals surface area contributed by atoms with Gasteiger partial charge in [-0.1, -0.05) is 30.3 Å². The molecule has 3 nitrogen and oxygen atoms in total. The first-order valence-electron chi connectivity index (χ1n) is 5.77. The van der Waals surface area contributed by atoms with E-state index in [9.17, 15) is 9.90 Å². The van der Waals surface area contributed by atoms with Crippen molar-refractivity contribution in [3.05, 3.63) is 35.9 Å². The lowest BCUT2D eigenvalue weighted by Gasteiger charge is -2.16. The Balaban J connectivity index is 2.70. The van der Waals surface area contributed by atoms with Crippen molar-refractivity contribution in [1.82, 2.24) is 0 Å². The Morgan fingerprint density at radius 3 is 2.71 bits per heavy atom. The van der Waals surface area contributed by atoms with E-state index in [1.807, 2.05) is 0 Å². The standard InChI is InChI=1S/C11H14O3/c1-8(11(13)14-2)10(12)9-6-4-3-5-7-9/h3-8,10,12H,1-2H3/t8-,10+/m1/s1/i2D3. The van der Waals surface area contributed by atoms with Crippen LogP contribution in [0.1, 0.15) is 22.7 Å². The molecule has 0 heterocycles. The van der Waals surface area contributed by atoms with E-state index < -0.39 is 25.0 Å². The lowest BCUT2D eigenvalue weighted by Crippen LogP contribution is -2.20. The fourth-order valence-electron chi connectivity index (χ4n) is 1.16. The normalized spacial score (nSPS) is 18.6.